The molecule has 34 heavy (non-hydrogen) atoms. The minimum Gasteiger partial charge on any atom is -0.338 e. The van der Waals surface area contributed by atoms with Gasteiger partial charge in [-0.05, 0) is 45.7 Å². The molecular weight excluding hydrogens is 468 g/mol. The number of hydrogen-bond acceptors (Lipinski definition) is 8. The fraction of sp³-hybridized carbons (Fsp3) is 0.500. The van der Waals surface area contributed by atoms with Crippen molar-refractivity contribution in [3.05, 3.63) is 49.7 Å². The lowest BCUT2D eigenvalue weighted by Crippen LogP contribution is -2.38. The maximum absolute atomic E-state index is 13.2. The van der Waals surface area contributed by atoms with Crippen molar-refractivity contribution in [3.63, 3.8) is 0 Å². The van der Waals surface area contributed by atoms with Gasteiger partial charge < -0.3 is 4.90 Å². The molecule has 0 spiro atoms. The van der Waals surface area contributed by atoms with Crippen LogP contribution in [0, 0.1) is 20.8 Å². The third-order valence-electron chi connectivity index (χ3n) is 5.86. The molecule has 3 aromatic heterocycles. The maximum atomic E-state index is 13.2. The van der Waals surface area contributed by atoms with Gasteiger partial charge in [0.25, 0.3) is 11.8 Å². The minimum atomic E-state index is -0.228. The Morgan fingerprint density at radius 3 is 2.32 bits per heavy atom. The fourth-order valence-electron chi connectivity index (χ4n) is 4.05. The molecule has 0 bridgehead atoms. The van der Waals surface area contributed by atoms with Crippen molar-refractivity contribution in [1.82, 2.24) is 25.1 Å². The van der Waals surface area contributed by atoms with Gasteiger partial charge in [-0.3, -0.25) is 19.9 Å². The first-order chi connectivity index (χ1) is 16.0. The first kappa shape index (κ1) is 24.4. The molecule has 1 N–H and O–H groups in total. The minimum absolute atomic E-state index is 0.0441. The molecule has 0 radical (unpaired) electrons. The number of anilines is 1. The molecule has 0 aliphatic carbocycles. The molecule has 4 rings (SSSR count). The van der Waals surface area contributed by atoms with Gasteiger partial charge in [0.2, 0.25) is 5.13 Å². The highest BCUT2D eigenvalue weighted by Crippen LogP contribution is 2.32. The van der Waals surface area contributed by atoms with Gasteiger partial charge in [-0.15, -0.1) is 21.5 Å². The van der Waals surface area contributed by atoms with E-state index in [1.807, 2.05) is 37.8 Å². The zero-order chi connectivity index (χ0) is 24.6. The normalized spacial score (nSPS) is 14.9. The maximum Gasteiger partial charge on any atom is 0.265 e. The second-order valence-corrected chi connectivity index (χ2v) is 11.9. The SMILES string of the molecule is Cc1ccc(C(=O)Nc2nnc(C(C)(C)C)s2)c(C2CCN(C(=O)c3sc(C)nc3C)CC2)n1. The monoisotopic (exact) mass is 498 g/mol. The van der Waals surface area contributed by atoms with Crippen LogP contribution in [0.15, 0.2) is 12.1 Å². The van der Waals surface area contributed by atoms with Crippen molar-refractivity contribution in [2.24, 2.45) is 0 Å². The highest BCUT2D eigenvalue weighted by atomic mass is 32.1. The number of pyridine rings is 1. The summed E-state index contributed by atoms with van der Waals surface area (Å²) in [5, 5.41) is 13.5. The van der Waals surface area contributed by atoms with Crippen molar-refractivity contribution < 1.29 is 9.59 Å². The number of carbonyl (C=O) groups is 2. The summed E-state index contributed by atoms with van der Waals surface area (Å²) in [4.78, 5) is 37.9. The molecule has 1 aliphatic rings. The molecule has 0 saturated carbocycles. The quantitative estimate of drug-likeness (QED) is 0.550. The van der Waals surface area contributed by atoms with E-state index in [-0.39, 0.29) is 23.1 Å². The molecule has 180 valence electrons. The van der Waals surface area contributed by atoms with Crippen LogP contribution in [-0.4, -0.2) is 50.0 Å². The number of likely N-dealkylation sites (tertiary alicyclic amines) is 1. The van der Waals surface area contributed by atoms with Crippen LogP contribution in [0.25, 0.3) is 0 Å². The second-order valence-electron chi connectivity index (χ2n) is 9.72. The first-order valence-electron chi connectivity index (χ1n) is 11.4. The van der Waals surface area contributed by atoms with Crippen LogP contribution in [0.5, 0.6) is 0 Å². The van der Waals surface area contributed by atoms with Crippen molar-refractivity contribution in [1.29, 1.82) is 0 Å². The van der Waals surface area contributed by atoms with Gasteiger partial charge in [0.05, 0.1) is 22.0 Å². The lowest BCUT2D eigenvalue weighted by molar-refractivity contribution is 0.0715. The predicted molar refractivity (Wildman–Crippen MR) is 135 cm³/mol. The molecule has 4 heterocycles. The van der Waals surface area contributed by atoms with E-state index < -0.39 is 0 Å². The van der Waals surface area contributed by atoms with Gasteiger partial charge in [0.15, 0.2) is 0 Å². The third kappa shape index (κ3) is 5.17. The molecule has 8 nitrogen and oxygen atoms in total. The largest absolute Gasteiger partial charge is 0.338 e. The highest BCUT2D eigenvalue weighted by molar-refractivity contribution is 7.15. The summed E-state index contributed by atoms with van der Waals surface area (Å²) in [5.74, 6) is -0.0791. The van der Waals surface area contributed by atoms with Gasteiger partial charge in [-0.25, -0.2) is 4.98 Å². The Kier molecular flexibility index (Phi) is 6.82. The van der Waals surface area contributed by atoms with Gasteiger partial charge >= 0.3 is 0 Å². The van der Waals surface area contributed by atoms with E-state index in [4.69, 9.17) is 4.98 Å². The van der Waals surface area contributed by atoms with Crippen LogP contribution in [0.3, 0.4) is 0 Å². The van der Waals surface area contributed by atoms with E-state index >= 15 is 0 Å². The van der Waals surface area contributed by atoms with Gasteiger partial charge in [-0.1, -0.05) is 32.1 Å². The summed E-state index contributed by atoms with van der Waals surface area (Å²) in [6.45, 7) is 13.2. The number of carbonyl (C=O) groups excluding carboxylic acids is 2. The standard InChI is InChI=1S/C24H30N6O2S2/c1-13-7-8-17(20(31)27-23-29-28-22(34-23)24(4,5)6)18(25-13)16-9-11-30(12-10-16)21(32)19-14(2)26-15(3)33-19/h7-8,16H,9-12H2,1-6H3,(H,27,29,31). The Balaban J connectivity index is 1.48. The zero-order valence-corrected chi connectivity index (χ0v) is 22.1. The number of nitrogens with one attached hydrogen (secondary N) is 1. The average Bonchev–Trinajstić information content (AvgIpc) is 3.39. The smallest absolute Gasteiger partial charge is 0.265 e. The number of thiazole rings is 1. The molecule has 1 aliphatic heterocycles. The lowest BCUT2D eigenvalue weighted by atomic mass is 9.89. The second kappa shape index (κ2) is 9.50. The number of piperidine rings is 1. The summed E-state index contributed by atoms with van der Waals surface area (Å²) < 4.78 is 0. The molecule has 1 fully saturated rings. The summed E-state index contributed by atoms with van der Waals surface area (Å²) in [7, 11) is 0. The Bertz CT molecular complexity index is 1220. The molecular formula is C24H30N6O2S2. The van der Waals surface area contributed by atoms with E-state index in [0.717, 1.165) is 44.8 Å². The average molecular weight is 499 g/mol. The van der Waals surface area contributed by atoms with Crippen LogP contribution in [0.2, 0.25) is 0 Å². The molecule has 0 unspecified atom stereocenters. The molecule has 10 heteroatoms. The highest BCUT2D eigenvalue weighted by Gasteiger charge is 2.30. The van der Waals surface area contributed by atoms with Crippen LogP contribution in [-0.2, 0) is 5.41 Å². The summed E-state index contributed by atoms with van der Waals surface area (Å²) in [6, 6.07) is 3.69. The van der Waals surface area contributed by atoms with Crippen LogP contribution in [0.4, 0.5) is 5.13 Å². The Hall–Kier alpha value is -2.72. The number of nitrogens with zero attached hydrogens (tertiary/aromatic N) is 5. The van der Waals surface area contributed by atoms with Crippen molar-refractivity contribution in [3.8, 4) is 0 Å². The number of aromatic nitrogens is 4. The predicted octanol–water partition coefficient (Wildman–Crippen LogP) is 4.88. The molecule has 3 aromatic rings. The Morgan fingerprint density at radius 1 is 1.03 bits per heavy atom. The zero-order valence-electron chi connectivity index (χ0n) is 20.4. The summed E-state index contributed by atoms with van der Waals surface area (Å²) in [5.41, 5.74) is 2.87. The van der Waals surface area contributed by atoms with E-state index in [2.05, 4.69) is 41.3 Å². The van der Waals surface area contributed by atoms with Gasteiger partial charge in [0, 0.05) is 30.1 Å². The number of amides is 2. The van der Waals surface area contributed by atoms with Gasteiger partial charge in [-0.2, -0.15) is 0 Å². The van der Waals surface area contributed by atoms with Crippen molar-refractivity contribution >= 4 is 39.6 Å². The fourth-order valence-corrected chi connectivity index (χ4v) is 5.73. The number of hydrogen-bond donors (Lipinski definition) is 1. The molecule has 0 atom stereocenters. The number of aryl methyl sites for hydroxylation is 3. The van der Waals surface area contributed by atoms with E-state index in [9.17, 15) is 9.59 Å². The van der Waals surface area contributed by atoms with Crippen LogP contribution in [0.1, 0.15) is 86.7 Å². The molecule has 0 aromatic carbocycles. The first-order valence-corrected chi connectivity index (χ1v) is 13.0. The lowest BCUT2D eigenvalue weighted by Gasteiger charge is -2.32. The van der Waals surface area contributed by atoms with Gasteiger partial charge in [0.1, 0.15) is 9.88 Å². The Morgan fingerprint density at radius 2 is 1.74 bits per heavy atom. The van der Waals surface area contributed by atoms with E-state index in [0.29, 0.717) is 23.8 Å². The third-order valence-corrected chi connectivity index (χ3v) is 8.19. The summed E-state index contributed by atoms with van der Waals surface area (Å²) in [6.07, 6.45) is 1.51. The number of rotatable bonds is 4. The van der Waals surface area contributed by atoms with Crippen LogP contribution < -0.4 is 5.32 Å². The Labute approximate surface area is 207 Å². The van der Waals surface area contributed by atoms with Crippen LogP contribution >= 0.6 is 22.7 Å². The topological polar surface area (TPSA) is 101 Å². The van der Waals surface area contributed by atoms with Crippen molar-refractivity contribution in [2.75, 3.05) is 18.4 Å². The van der Waals surface area contributed by atoms with Crippen molar-refractivity contribution in [2.45, 2.75) is 65.7 Å². The van der Waals surface area contributed by atoms with E-state index in [1.54, 1.807) is 0 Å². The summed E-state index contributed by atoms with van der Waals surface area (Å²) >= 11 is 2.84. The molecule has 1 saturated heterocycles. The van der Waals surface area contributed by atoms with E-state index in [1.165, 1.54) is 22.7 Å². The molecule has 2 amide bonds.